The molecule has 1 atom stereocenters. The van der Waals surface area contributed by atoms with E-state index in [0.717, 1.165) is 25.6 Å². The van der Waals surface area contributed by atoms with Gasteiger partial charge in [0, 0.05) is 6.61 Å². The zero-order valence-electron chi connectivity index (χ0n) is 11.6. The van der Waals surface area contributed by atoms with Gasteiger partial charge in [0.1, 0.15) is 0 Å². The lowest BCUT2D eigenvalue weighted by atomic mass is 10.2. The van der Waals surface area contributed by atoms with Crippen LogP contribution >= 0.6 is 8.58 Å². The van der Waals surface area contributed by atoms with Crippen molar-refractivity contribution in [3.63, 3.8) is 0 Å². The summed E-state index contributed by atoms with van der Waals surface area (Å²) in [6.45, 7) is 3.80. The molecule has 0 N–H and O–H groups in total. The predicted molar refractivity (Wildman–Crippen MR) is 80.0 cm³/mol. The lowest BCUT2D eigenvalue weighted by Crippen LogP contribution is -2.06. The van der Waals surface area contributed by atoms with E-state index in [1.807, 2.05) is 25.1 Å². The number of hydrogen-bond acceptors (Lipinski definition) is 3. The Bertz CT molecular complexity index is 341. The molecule has 0 spiro atoms. The van der Waals surface area contributed by atoms with Crippen LogP contribution in [0.5, 0.6) is 0 Å². The smallest absolute Gasteiger partial charge is 0.309 e. The molecule has 0 aliphatic heterocycles. The quantitative estimate of drug-likeness (QED) is 0.375. The highest BCUT2D eigenvalue weighted by atomic mass is 31.1. The Morgan fingerprint density at radius 3 is 2.74 bits per heavy atom. The Morgan fingerprint density at radius 2 is 2.00 bits per heavy atom. The van der Waals surface area contributed by atoms with Crippen molar-refractivity contribution in [2.45, 2.75) is 26.4 Å². The Morgan fingerprint density at radius 1 is 1.21 bits per heavy atom. The average Bonchev–Trinajstić information content (AvgIpc) is 2.43. The van der Waals surface area contributed by atoms with E-state index in [9.17, 15) is 4.79 Å². The molecule has 19 heavy (non-hydrogen) atoms. The van der Waals surface area contributed by atoms with Gasteiger partial charge in [0.15, 0.2) is 0 Å². The van der Waals surface area contributed by atoms with Gasteiger partial charge in [-0.3, -0.25) is 4.79 Å². The summed E-state index contributed by atoms with van der Waals surface area (Å²) in [7, 11) is 0.677. The Labute approximate surface area is 117 Å². The number of ether oxygens (including phenoxy) is 2. The monoisotopic (exact) mass is 282 g/mol. The number of hydrogen-bond donors (Lipinski definition) is 0. The average molecular weight is 282 g/mol. The van der Waals surface area contributed by atoms with E-state index >= 15 is 0 Å². The van der Waals surface area contributed by atoms with Crippen molar-refractivity contribution in [2.24, 2.45) is 0 Å². The molecule has 0 bridgehead atoms. The summed E-state index contributed by atoms with van der Waals surface area (Å²) < 4.78 is 10.5. The van der Waals surface area contributed by atoms with E-state index in [4.69, 9.17) is 9.47 Å². The minimum Gasteiger partial charge on any atom is -0.466 e. The second kappa shape index (κ2) is 11.0. The van der Waals surface area contributed by atoms with E-state index in [-0.39, 0.29) is 5.97 Å². The number of benzene rings is 1. The van der Waals surface area contributed by atoms with Crippen LogP contribution in [0, 0.1) is 0 Å². The summed E-state index contributed by atoms with van der Waals surface area (Å²) in [6.07, 6.45) is 3.83. The molecule has 0 aromatic heterocycles. The van der Waals surface area contributed by atoms with Gasteiger partial charge in [-0.15, -0.1) is 8.58 Å². The maximum atomic E-state index is 11.1. The third kappa shape index (κ3) is 8.74. The molecule has 0 fully saturated rings. The van der Waals surface area contributed by atoms with Gasteiger partial charge in [0.05, 0.1) is 19.4 Å². The first kappa shape index (κ1) is 16.1. The predicted octanol–water partition coefficient (Wildman–Crippen LogP) is 3.23. The molecule has 0 radical (unpaired) electrons. The summed E-state index contributed by atoms with van der Waals surface area (Å²) in [6, 6.07) is 10.2. The fourth-order valence-corrected chi connectivity index (χ4v) is 2.60. The first-order chi connectivity index (χ1) is 9.33. The first-order valence-corrected chi connectivity index (χ1v) is 8.22. The molecule has 1 aromatic carbocycles. The standard InChI is InChI=1S/C15H23O3P/c1-2-18-15(16)13-19-11-7-6-10-17-12-14-8-4-3-5-9-14/h3-5,8-9,19H,2,6-7,10-13H2,1H3. The molecule has 0 aliphatic rings. The molecule has 1 rings (SSSR count). The Balaban J connectivity index is 1.88. The van der Waals surface area contributed by atoms with Crippen molar-refractivity contribution in [3.05, 3.63) is 35.9 Å². The maximum absolute atomic E-state index is 11.1. The molecule has 0 amide bonds. The van der Waals surface area contributed by atoms with Gasteiger partial charge in [0.2, 0.25) is 0 Å². The van der Waals surface area contributed by atoms with Crippen molar-refractivity contribution < 1.29 is 14.3 Å². The lowest BCUT2D eigenvalue weighted by Gasteiger charge is -2.05. The Hall–Kier alpha value is -0.920. The van der Waals surface area contributed by atoms with Crippen molar-refractivity contribution in [2.75, 3.05) is 25.5 Å². The van der Waals surface area contributed by atoms with Crippen LogP contribution in [0.4, 0.5) is 0 Å². The highest BCUT2D eigenvalue weighted by Gasteiger charge is 2.00. The van der Waals surface area contributed by atoms with Crippen LogP contribution in [0.3, 0.4) is 0 Å². The minimum atomic E-state index is -0.0684. The summed E-state index contributed by atoms with van der Waals surface area (Å²) in [4.78, 5) is 11.1. The van der Waals surface area contributed by atoms with Crippen LogP contribution < -0.4 is 0 Å². The minimum absolute atomic E-state index is 0.0684. The van der Waals surface area contributed by atoms with Crippen LogP contribution in [-0.2, 0) is 20.9 Å². The molecule has 0 heterocycles. The van der Waals surface area contributed by atoms with E-state index in [0.29, 0.717) is 28.0 Å². The van der Waals surface area contributed by atoms with Gasteiger partial charge in [-0.05, 0) is 31.5 Å². The number of esters is 1. The largest absolute Gasteiger partial charge is 0.466 e. The molecule has 4 heteroatoms. The lowest BCUT2D eigenvalue weighted by molar-refractivity contribution is -0.139. The van der Waals surface area contributed by atoms with E-state index in [1.54, 1.807) is 0 Å². The second-order valence-corrected chi connectivity index (χ2v) is 5.58. The summed E-state index contributed by atoms with van der Waals surface area (Å²) in [5.74, 6) is -0.0684. The van der Waals surface area contributed by atoms with Gasteiger partial charge >= 0.3 is 5.97 Å². The molecule has 0 saturated carbocycles. The normalized spacial score (nSPS) is 11.0. The summed E-state index contributed by atoms with van der Waals surface area (Å²) in [5, 5.41) is 0. The van der Waals surface area contributed by atoms with Crippen molar-refractivity contribution in [1.29, 1.82) is 0 Å². The van der Waals surface area contributed by atoms with Gasteiger partial charge in [0.25, 0.3) is 0 Å². The highest BCUT2D eigenvalue weighted by Crippen LogP contribution is 2.13. The summed E-state index contributed by atoms with van der Waals surface area (Å²) in [5.41, 5.74) is 1.21. The zero-order chi connectivity index (χ0) is 13.8. The van der Waals surface area contributed by atoms with E-state index in [2.05, 4.69) is 12.1 Å². The van der Waals surface area contributed by atoms with Gasteiger partial charge in [-0.2, -0.15) is 0 Å². The zero-order valence-corrected chi connectivity index (χ0v) is 12.6. The topological polar surface area (TPSA) is 35.5 Å². The molecule has 1 aromatic rings. The Kier molecular flexibility index (Phi) is 9.30. The molecular weight excluding hydrogens is 259 g/mol. The van der Waals surface area contributed by atoms with E-state index in [1.165, 1.54) is 5.56 Å². The molecule has 1 unspecified atom stereocenters. The summed E-state index contributed by atoms with van der Waals surface area (Å²) >= 11 is 0. The van der Waals surface area contributed by atoms with Crippen LogP contribution in [0.25, 0.3) is 0 Å². The maximum Gasteiger partial charge on any atom is 0.309 e. The molecule has 0 saturated heterocycles. The third-order valence-corrected chi connectivity index (χ3v) is 3.82. The van der Waals surface area contributed by atoms with Crippen molar-refractivity contribution >= 4 is 14.6 Å². The van der Waals surface area contributed by atoms with Gasteiger partial charge < -0.3 is 9.47 Å². The second-order valence-electron chi connectivity index (χ2n) is 4.23. The van der Waals surface area contributed by atoms with Crippen LogP contribution in [0.2, 0.25) is 0 Å². The van der Waals surface area contributed by atoms with Crippen LogP contribution in [-0.4, -0.2) is 31.5 Å². The highest BCUT2D eigenvalue weighted by molar-refractivity contribution is 7.39. The molecule has 3 nitrogen and oxygen atoms in total. The van der Waals surface area contributed by atoms with Gasteiger partial charge in [-0.25, -0.2) is 0 Å². The van der Waals surface area contributed by atoms with E-state index < -0.39 is 0 Å². The molecule has 0 aliphatic carbocycles. The van der Waals surface area contributed by atoms with Crippen molar-refractivity contribution in [3.8, 4) is 0 Å². The molecule has 106 valence electrons. The number of rotatable bonds is 10. The van der Waals surface area contributed by atoms with Gasteiger partial charge in [-0.1, -0.05) is 30.3 Å². The number of carbonyl (C=O) groups is 1. The number of carbonyl (C=O) groups excluding carboxylic acids is 1. The number of unbranched alkanes of at least 4 members (excludes halogenated alkanes) is 1. The molecular formula is C15H23O3P. The SMILES string of the molecule is CCOC(=O)CPCCCCOCc1ccccc1. The fourth-order valence-electron chi connectivity index (χ4n) is 1.62. The van der Waals surface area contributed by atoms with Crippen molar-refractivity contribution in [1.82, 2.24) is 0 Å². The first-order valence-electron chi connectivity index (χ1n) is 6.81. The fraction of sp³-hybridized carbons (Fsp3) is 0.533. The van der Waals surface area contributed by atoms with Crippen LogP contribution in [0.15, 0.2) is 30.3 Å². The third-order valence-electron chi connectivity index (χ3n) is 2.58. The van der Waals surface area contributed by atoms with Crippen LogP contribution in [0.1, 0.15) is 25.3 Å².